The highest BCUT2D eigenvalue weighted by atomic mass is 127. The van der Waals surface area contributed by atoms with Crippen molar-refractivity contribution in [3.05, 3.63) is 18.2 Å². The predicted molar refractivity (Wildman–Crippen MR) is 122 cm³/mol. The van der Waals surface area contributed by atoms with Gasteiger partial charge in [-0.25, -0.2) is 4.99 Å². The van der Waals surface area contributed by atoms with Gasteiger partial charge in [0.2, 0.25) is 6.79 Å². The quantitative estimate of drug-likeness (QED) is 0.267. The van der Waals surface area contributed by atoms with Crippen LogP contribution >= 0.6 is 24.0 Å². The Morgan fingerprint density at radius 2 is 2.03 bits per heavy atom. The topological polar surface area (TPSA) is 67.8 Å². The molecule has 2 fully saturated rings. The molecule has 8 nitrogen and oxygen atoms in total. The summed E-state index contributed by atoms with van der Waals surface area (Å²) in [4.78, 5) is 9.69. The number of fused-ring (bicyclic) bond motifs is 1. The van der Waals surface area contributed by atoms with Gasteiger partial charge in [-0.15, -0.1) is 24.0 Å². The van der Waals surface area contributed by atoms with E-state index in [1.54, 1.807) is 0 Å². The Labute approximate surface area is 189 Å². The van der Waals surface area contributed by atoms with Crippen molar-refractivity contribution < 1.29 is 18.9 Å². The van der Waals surface area contributed by atoms with Gasteiger partial charge in [-0.2, -0.15) is 0 Å². The first kappa shape index (κ1) is 22.2. The summed E-state index contributed by atoms with van der Waals surface area (Å²) < 4.78 is 22.0. The Kier molecular flexibility index (Phi) is 8.49. The monoisotopic (exact) mass is 518 g/mol. The van der Waals surface area contributed by atoms with Crippen LogP contribution in [0.4, 0.5) is 0 Å². The van der Waals surface area contributed by atoms with Gasteiger partial charge in [-0.05, 0) is 25.5 Å². The fourth-order valence-corrected chi connectivity index (χ4v) is 3.88. The Balaban J connectivity index is 0.00000240. The van der Waals surface area contributed by atoms with Gasteiger partial charge in [0.25, 0.3) is 0 Å². The van der Waals surface area contributed by atoms with Crippen LogP contribution in [0.5, 0.6) is 17.2 Å². The fraction of sp³-hybridized carbons (Fsp3) is 0.650. The number of morpholine rings is 1. The van der Waals surface area contributed by atoms with Gasteiger partial charge < -0.3 is 29.2 Å². The Morgan fingerprint density at radius 1 is 1.21 bits per heavy atom. The standard InChI is InChI=1S/C20H30N4O4.HI/c1-2-21-20(24-7-5-16(14-24)23-8-11-25-12-9-23)22-6-10-26-17-3-4-18-19(13-17)28-15-27-18;/h3-4,13,16H,2,5-12,14-15H2,1H3,(H,21,22);1H. The van der Waals surface area contributed by atoms with Crippen molar-refractivity contribution in [3.63, 3.8) is 0 Å². The molecule has 162 valence electrons. The second kappa shape index (κ2) is 11.1. The molecule has 0 bridgehead atoms. The lowest BCUT2D eigenvalue weighted by Crippen LogP contribution is -2.46. The number of benzene rings is 1. The lowest BCUT2D eigenvalue weighted by molar-refractivity contribution is 0.0195. The van der Waals surface area contributed by atoms with E-state index in [4.69, 9.17) is 23.9 Å². The van der Waals surface area contributed by atoms with Crippen molar-refractivity contribution in [1.29, 1.82) is 0 Å². The van der Waals surface area contributed by atoms with Gasteiger partial charge in [0.1, 0.15) is 12.4 Å². The molecular formula is C20H31IN4O4. The molecule has 29 heavy (non-hydrogen) atoms. The second-order valence-corrected chi connectivity index (χ2v) is 7.14. The molecule has 0 spiro atoms. The number of halogens is 1. The van der Waals surface area contributed by atoms with Crippen LogP contribution in [0.15, 0.2) is 23.2 Å². The first-order chi connectivity index (χ1) is 13.8. The molecule has 3 aliphatic rings. The maximum absolute atomic E-state index is 5.83. The van der Waals surface area contributed by atoms with E-state index in [2.05, 4.69) is 22.0 Å². The number of likely N-dealkylation sites (tertiary alicyclic amines) is 1. The number of rotatable bonds is 6. The number of nitrogens with one attached hydrogen (secondary N) is 1. The summed E-state index contributed by atoms with van der Waals surface area (Å²) in [7, 11) is 0. The van der Waals surface area contributed by atoms with E-state index in [-0.39, 0.29) is 30.8 Å². The van der Waals surface area contributed by atoms with Crippen LogP contribution in [0.25, 0.3) is 0 Å². The van der Waals surface area contributed by atoms with Crippen LogP contribution in [0.2, 0.25) is 0 Å². The number of hydrogen-bond donors (Lipinski definition) is 1. The molecule has 4 rings (SSSR count). The smallest absolute Gasteiger partial charge is 0.231 e. The van der Waals surface area contributed by atoms with E-state index < -0.39 is 0 Å². The van der Waals surface area contributed by atoms with Crippen molar-refractivity contribution >= 4 is 29.9 Å². The number of aliphatic imine (C=N–C) groups is 1. The number of guanidine groups is 1. The van der Waals surface area contributed by atoms with Gasteiger partial charge in [0, 0.05) is 44.8 Å². The minimum absolute atomic E-state index is 0. The highest BCUT2D eigenvalue weighted by Crippen LogP contribution is 2.35. The van der Waals surface area contributed by atoms with Crippen molar-refractivity contribution in [2.75, 3.05) is 65.9 Å². The van der Waals surface area contributed by atoms with E-state index in [1.807, 2.05) is 18.2 Å². The second-order valence-electron chi connectivity index (χ2n) is 7.14. The molecule has 0 amide bonds. The van der Waals surface area contributed by atoms with Gasteiger partial charge in [-0.3, -0.25) is 4.90 Å². The average Bonchev–Trinajstić information content (AvgIpc) is 3.40. The fourth-order valence-electron chi connectivity index (χ4n) is 3.88. The molecule has 1 atom stereocenters. The predicted octanol–water partition coefficient (Wildman–Crippen LogP) is 1.78. The van der Waals surface area contributed by atoms with E-state index in [1.165, 1.54) is 6.42 Å². The van der Waals surface area contributed by atoms with E-state index in [0.29, 0.717) is 19.2 Å². The van der Waals surface area contributed by atoms with Crippen LogP contribution in [0.3, 0.4) is 0 Å². The zero-order valence-corrected chi connectivity index (χ0v) is 19.3. The van der Waals surface area contributed by atoms with Crippen molar-refractivity contribution in [3.8, 4) is 17.2 Å². The summed E-state index contributed by atoms with van der Waals surface area (Å²) in [5.41, 5.74) is 0. The molecule has 3 heterocycles. The number of nitrogens with zero attached hydrogens (tertiary/aromatic N) is 3. The molecule has 0 aliphatic carbocycles. The highest BCUT2D eigenvalue weighted by Gasteiger charge is 2.30. The minimum atomic E-state index is 0. The molecular weight excluding hydrogens is 487 g/mol. The highest BCUT2D eigenvalue weighted by molar-refractivity contribution is 14.0. The lowest BCUT2D eigenvalue weighted by Gasteiger charge is -2.32. The Morgan fingerprint density at radius 3 is 2.86 bits per heavy atom. The zero-order chi connectivity index (χ0) is 19.2. The molecule has 0 saturated carbocycles. The first-order valence-electron chi connectivity index (χ1n) is 10.2. The van der Waals surface area contributed by atoms with Crippen LogP contribution in [0.1, 0.15) is 13.3 Å². The van der Waals surface area contributed by atoms with Crippen LogP contribution < -0.4 is 19.5 Å². The molecule has 3 aliphatic heterocycles. The molecule has 1 aromatic rings. The van der Waals surface area contributed by atoms with Crippen LogP contribution in [-0.2, 0) is 4.74 Å². The normalized spacial score (nSPS) is 21.8. The van der Waals surface area contributed by atoms with Gasteiger partial charge in [0.15, 0.2) is 17.5 Å². The molecule has 9 heteroatoms. The molecule has 2 saturated heterocycles. The minimum Gasteiger partial charge on any atom is -0.492 e. The average molecular weight is 518 g/mol. The third kappa shape index (κ3) is 5.79. The molecule has 1 aromatic carbocycles. The van der Waals surface area contributed by atoms with E-state index in [9.17, 15) is 0 Å². The summed E-state index contributed by atoms with van der Waals surface area (Å²) in [6.45, 7) is 10.2. The maximum atomic E-state index is 5.83. The lowest BCUT2D eigenvalue weighted by atomic mass is 10.2. The van der Waals surface area contributed by atoms with Crippen LogP contribution in [0, 0.1) is 0 Å². The van der Waals surface area contributed by atoms with Crippen molar-refractivity contribution in [2.24, 2.45) is 4.99 Å². The van der Waals surface area contributed by atoms with Gasteiger partial charge in [0.05, 0.1) is 19.8 Å². The summed E-state index contributed by atoms with van der Waals surface area (Å²) in [5, 5.41) is 3.42. The molecule has 1 N–H and O–H groups in total. The summed E-state index contributed by atoms with van der Waals surface area (Å²) >= 11 is 0. The molecule has 0 aromatic heterocycles. The molecule has 0 radical (unpaired) electrons. The third-order valence-corrected chi connectivity index (χ3v) is 5.33. The SMILES string of the molecule is CCNC(=NCCOc1ccc2c(c1)OCO2)N1CCC(N2CCOCC2)C1.I. The van der Waals surface area contributed by atoms with Gasteiger partial charge >= 0.3 is 0 Å². The largest absolute Gasteiger partial charge is 0.492 e. The van der Waals surface area contributed by atoms with Gasteiger partial charge in [-0.1, -0.05) is 0 Å². The number of hydrogen-bond acceptors (Lipinski definition) is 6. The zero-order valence-electron chi connectivity index (χ0n) is 17.0. The first-order valence-corrected chi connectivity index (χ1v) is 10.2. The number of ether oxygens (including phenoxy) is 4. The van der Waals surface area contributed by atoms with E-state index >= 15 is 0 Å². The summed E-state index contributed by atoms with van der Waals surface area (Å²) in [6, 6.07) is 6.24. The Hall–Kier alpha value is -1.46. The Bertz CT molecular complexity index is 684. The maximum Gasteiger partial charge on any atom is 0.231 e. The summed E-state index contributed by atoms with van der Waals surface area (Å²) in [6.07, 6.45) is 1.18. The summed E-state index contributed by atoms with van der Waals surface area (Å²) in [5.74, 6) is 3.26. The third-order valence-electron chi connectivity index (χ3n) is 5.33. The van der Waals surface area contributed by atoms with Crippen molar-refractivity contribution in [2.45, 2.75) is 19.4 Å². The van der Waals surface area contributed by atoms with Crippen LogP contribution in [-0.4, -0.2) is 87.7 Å². The van der Waals surface area contributed by atoms with Crippen molar-refractivity contribution in [1.82, 2.24) is 15.1 Å². The molecule has 1 unspecified atom stereocenters. The van der Waals surface area contributed by atoms with E-state index in [0.717, 1.165) is 69.1 Å².